The van der Waals surface area contributed by atoms with E-state index >= 15 is 0 Å². The maximum atomic E-state index is 4.72. The molecule has 1 N–H and O–H groups in total. The summed E-state index contributed by atoms with van der Waals surface area (Å²) >= 11 is 0. The van der Waals surface area contributed by atoms with Crippen molar-refractivity contribution in [2.45, 2.75) is 39.8 Å². The van der Waals surface area contributed by atoms with E-state index < -0.39 is 0 Å². The van der Waals surface area contributed by atoms with Crippen LogP contribution in [0.2, 0.25) is 0 Å². The maximum Gasteiger partial charge on any atom is 0.102 e. The quantitative estimate of drug-likeness (QED) is 0.755. The van der Waals surface area contributed by atoms with Crippen LogP contribution >= 0.6 is 0 Å². The van der Waals surface area contributed by atoms with Gasteiger partial charge in [-0.3, -0.25) is 5.32 Å². The van der Waals surface area contributed by atoms with Crippen molar-refractivity contribution in [2.75, 3.05) is 7.05 Å². The highest BCUT2D eigenvalue weighted by Gasteiger charge is 2.26. The van der Waals surface area contributed by atoms with Crippen molar-refractivity contribution in [1.29, 1.82) is 0 Å². The zero-order valence-corrected chi connectivity index (χ0v) is 12.0. The van der Waals surface area contributed by atoms with Crippen LogP contribution in [0.15, 0.2) is 41.7 Å². The van der Waals surface area contributed by atoms with Crippen LogP contribution in [0.3, 0.4) is 0 Å². The third kappa shape index (κ3) is 3.57. The van der Waals surface area contributed by atoms with Crippen LogP contribution < -0.4 is 5.32 Å². The van der Waals surface area contributed by atoms with Crippen LogP contribution in [0.4, 0.5) is 0 Å². The van der Waals surface area contributed by atoms with Gasteiger partial charge in [0.15, 0.2) is 0 Å². The largest absolute Gasteiger partial charge is 0.299 e. The first-order valence-electron chi connectivity index (χ1n) is 6.64. The minimum atomic E-state index is 0.260. The van der Waals surface area contributed by atoms with Crippen LogP contribution in [0, 0.1) is 5.92 Å². The van der Waals surface area contributed by atoms with Crippen molar-refractivity contribution < 1.29 is 0 Å². The Hall–Kier alpha value is -1.35. The molecule has 0 spiro atoms. The topological polar surface area (TPSA) is 27.6 Å². The van der Waals surface area contributed by atoms with Crippen LogP contribution in [-0.2, 0) is 0 Å². The smallest absolute Gasteiger partial charge is 0.102 e. The fraction of sp³-hybridized carbons (Fsp3) is 0.533. The number of nitrogens with zero attached hydrogens (tertiary/aromatic N) is 2. The molecule has 1 aliphatic rings. The first-order valence-corrected chi connectivity index (χ1v) is 6.64. The highest BCUT2D eigenvalue weighted by atomic mass is 15.5. The Morgan fingerprint density at radius 3 is 2.89 bits per heavy atom. The van der Waals surface area contributed by atoms with E-state index in [2.05, 4.69) is 49.8 Å². The normalized spacial score (nSPS) is 25.4. The zero-order valence-electron chi connectivity index (χ0n) is 12.0. The lowest BCUT2D eigenvalue weighted by Crippen LogP contribution is -2.45. The molecule has 1 heterocycles. The SMILES string of the molecule is C=C/C=C\C(=C/CC)N1N=C(C)C(C)CC1NC. The van der Waals surface area contributed by atoms with Gasteiger partial charge in [0.05, 0.1) is 5.70 Å². The van der Waals surface area contributed by atoms with E-state index in [4.69, 9.17) is 5.10 Å². The first-order chi connectivity index (χ1) is 8.63. The van der Waals surface area contributed by atoms with Crippen LogP contribution in [0.25, 0.3) is 0 Å². The number of allylic oxidation sites excluding steroid dienone is 4. The Bertz CT molecular complexity index is 366. The van der Waals surface area contributed by atoms with Gasteiger partial charge in [-0.15, -0.1) is 0 Å². The molecule has 0 fully saturated rings. The molecule has 0 radical (unpaired) electrons. The molecular weight excluding hydrogens is 222 g/mol. The molecule has 2 atom stereocenters. The molecule has 0 amide bonds. The Kier molecular flexibility index (Phi) is 5.86. The lowest BCUT2D eigenvalue weighted by atomic mass is 9.99. The Morgan fingerprint density at radius 2 is 2.33 bits per heavy atom. The molecule has 0 bridgehead atoms. The summed E-state index contributed by atoms with van der Waals surface area (Å²) in [4.78, 5) is 0. The molecule has 0 aromatic heterocycles. The average Bonchev–Trinajstić information content (AvgIpc) is 2.37. The Morgan fingerprint density at radius 1 is 1.61 bits per heavy atom. The lowest BCUT2D eigenvalue weighted by Gasteiger charge is -2.36. The van der Waals surface area contributed by atoms with Gasteiger partial charge in [0, 0.05) is 5.71 Å². The number of rotatable bonds is 5. The minimum Gasteiger partial charge on any atom is -0.299 e. The summed E-state index contributed by atoms with van der Waals surface area (Å²) in [5.74, 6) is 0.532. The highest BCUT2D eigenvalue weighted by Crippen LogP contribution is 2.23. The molecule has 0 aromatic carbocycles. The molecular formula is C15H25N3. The van der Waals surface area contributed by atoms with Gasteiger partial charge in [-0.25, -0.2) is 5.01 Å². The van der Waals surface area contributed by atoms with Gasteiger partial charge >= 0.3 is 0 Å². The molecule has 1 aliphatic heterocycles. The molecule has 0 aliphatic carbocycles. The fourth-order valence-corrected chi connectivity index (χ4v) is 2.04. The van der Waals surface area contributed by atoms with Crippen LogP contribution in [-0.4, -0.2) is 23.9 Å². The third-order valence-corrected chi connectivity index (χ3v) is 3.26. The minimum absolute atomic E-state index is 0.260. The fourth-order valence-electron chi connectivity index (χ4n) is 2.04. The molecule has 3 heteroatoms. The molecule has 2 unspecified atom stereocenters. The average molecular weight is 247 g/mol. The zero-order chi connectivity index (χ0) is 13.5. The van der Waals surface area contributed by atoms with Crippen molar-refractivity contribution in [1.82, 2.24) is 10.3 Å². The van der Waals surface area contributed by atoms with E-state index in [1.807, 2.05) is 13.1 Å². The second-order valence-electron chi connectivity index (χ2n) is 4.66. The van der Waals surface area contributed by atoms with Gasteiger partial charge < -0.3 is 0 Å². The maximum absolute atomic E-state index is 4.72. The Balaban J connectivity index is 3.04. The molecule has 0 saturated carbocycles. The van der Waals surface area contributed by atoms with E-state index in [1.54, 1.807) is 6.08 Å². The molecule has 1 rings (SSSR count). The summed E-state index contributed by atoms with van der Waals surface area (Å²) in [6.45, 7) is 10.2. The monoisotopic (exact) mass is 247 g/mol. The first kappa shape index (κ1) is 14.7. The van der Waals surface area contributed by atoms with Crippen molar-refractivity contribution in [3.63, 3.8) is 0 Å². The standard InChI is InChI=1S/C15H25N3/c1-6-8-10-14(9-7-2)18-15(16-5)11-12(3)13(4)17-18/h6,8-10,12,15-16H,1,7,11H2,2-5H3/b10-8-,14-9+. The van der Waals surface area contributed by atoms with E-state index in [0.29, 0.717) is 5.92 Å². The summed E-state index contributed by atoms with van der Waals surface area (Å²) < 4.78 is 0. The summed E-state index contributed by atoms with van der Waals surface area (Å²) in [5, 5.41) is 10.1. The predicted molar refractivity (Wildman–Crippen MR) is 79.3 cm³/mol. The van der Waals surface area contributed by atoms with Crippen LogP contribution in [0.5, 0.6) is 0 Å². The van der Waals surface area contributed by atoms with E-state index in [0.717, 1.165) is 18.5 Å². The molecule has 3 nitrogen and oxygen atoms in total. The van der Waals surface area contributed by atoms with Gasteiger partial charge in [0.2, 0.25) is 0 Å². The molecule has 0 saturated heterocycles. The van der Waals surface area contributed by atoms with Gasteiger partial charge in [-0.05, 0) is 38.8 Å². The summed E-state index contributed by atoms with van der Waals surface area (Å²) in [6.07, 6.45) is 10.3. The predicted octanol–water partition coefficient (Wildman–Crippen LogP) is 3.29. The second-order valence-corrected chi connectivity index (χ2v) is 4.66. The third-order valence-electron chi connectivity index (χ3n) is 3.26. The van der Waals surface area contributed by atoms with E-state index in [9.17, 15) is 0 Å². The number of hydrogen-bond donors (Lipinski definition) is 1. The van der Waals surface area contributed by atoms with Crippen molar-refractivity contribution in [3.05, 3.63) is 36.6 Å². The highest BCUT2D eigenvalue weighted by molar-refractivity contribution is 5.84. The summed E-state index contributed by atoms with van der Waals surface area (Å²) in [7, 11) is 1.99. The lowest BCUT2D eigenvalue weighted by molar-refractivity contribution is 0.197. The van der Waals surface area contributed by atoms with E-state index in [-0.39, 0.29) is 6.17 Å². The Labute approximate surface area is 111 Å². The van der Waals surface area contributed by atoms with Crippen molar-refractivity contribution in [2.24, 2.45) is 11.0 Å². The number of nitrogens with one attached hydrogen (secondary N) is 1. The van der Waals surface area contributed by atoms with Crippen LogP contribution in [0.1, 0.15) is 33.6 Å². The van der Waals surface area contributed by atoms with E-state index in [1.165, 1.54) is 5.71 Å². The number of hydrazone groups is 1. The van der Waals surface area contributed by atoms with Gasteiger partial charge in [0.25, 0.3) is 0 Å². The molecule has 18 heavy (non-hydrogen) atoms. The summed E-state index contributed by atoms with van der Waals surface area (Å²) in [6, 6.07) is 0. The summed E-state index contributed by atoms with van der Waals surface area (Å²) in [5.41, 5.74) is 2.32. The molecule has 100 valence electrons. The second kappa shape index (κ2) is 7.17. The van der Waals surface area contributed by atoms with Crippen molar-refractivity contribution >= 4 is 5.71 Å². The van der Waals surface area contributed by atoms with Gasteiger partial charge in [-0.1, -0.05) is 38.7 Å². The molecule has 0 aromatic rings. The van der Waals surface area contributed by atoms with Gasteiger partial charge in [-0.2, -0.15) is 5.10 Å². The number of hydrogen-bond acceptors (Lipinski definition) is 3. The van der Waals surface area contributed by atoms with Crippen molar-refractivity contribution in [3.8, 4) is 0 Å². The van der Waals surface area contributed by atoms with Gasteiger partial charge in [0.1, 0.15) is 6.17 Å².